The quantitative estimate of drug-likeness (QED) is 0.895. The molecule has 3 unspecified atom stereocenters. The van der Waals surface area contributed by atoms with Crippen LogP contribution in [-0.4, -0.2) is 47.8 Å². The number of aliphatic hydroxyl groups is 1. The van der Waals surface area contributed by atoms with Gasteiger partial charge in [0.1, 0.15) is 0 Å². The Balaban J connectivity index is 1.68. The zero-order valence-electron chi connectivity index (χ0n) is 12.5. The van der Waals surface area contributed by atoms with E-state index in [0.29, 0.717) is 13.1 Å². The molecule has 1 aromatic rings. The number of morpholine rings is 1. The van der Waals surface area contributed by atoms with E-state index in [1.807, 2.05) is 17.9 Å². The normalized spacial score (nSPS) is 29.0. The van der Waals surface area contributed by atoms with Gasteiger partial charge in [-0.15, -0.1) is 0 Å². The van der Waals surface area contributed by atoms with E-state index in [0.717, 1.165) is 19.3 Å². The van der Waals surface area contributed by atoms with Crippen LogP contribution in [0.5, 0.6) is 0 Å². The average Bonchev–Trinajstić information content (AvgIpc) is 2.53. The molecule has 0 aromatic heterocycles. The van der Waals surface area contributed by atoms with Crippen LogP contribution in [0.2, 0.25) is 0 Å². The van der Waals surface area contributed by atoms with Gasteiger partial charge in [0.25, 0.3) is 0 Å². The average molecular weight is 289 g/mol. The van der Waals surface area contributed by atoms with Gasteiger partial charge in [0.2, 0.25) is 5.91 Å². The minimum absolute atomic E-state index is 0.00396. The first-order chi connectivity index (χ1) is 10.2. The van der Waals surface area contributed by atoms with Crippen molar-refractivity contribution >= 4 is 5.91 Å². The number of hydrogen-bond donors (Lipinski definition) is 1. The lowest BCUT2D eigenvalue weighted by molar-refractivity contribution is -0.151. The van der Waals surface area contributed by atoms with Crippen LogP contribution >= 0.6 is 0 Å². The molecule has 3 rings (SSSR count). The summed E-state index contributed by atoms with van der Waals surface area (Å²) in [6.07, 6.45) is 2.50. The molecule has 4 heteroatoms. The number of carbonyl (C=O) groups is 1. The number of benzene rings is 1. The minimum Gasteiger partial charge on any atom is -0.394 e. The standard InChI is InChI=1S/C17H23NO3/c1-12-9-18(10-16(11-19)21-12)17(20)15-7-6-13-4-2-3-5-14(13)8-15/h2-5,12,15-16,19H,6-11H2,1H3. The van der Waals surface area contributed by atoms with Crippen molar-refractivity contribution in [1.82, 2.24) is 4.90 Å². The SMILES string of the molecule is CC1CN(C(=O)C2CCc3ccccc3C2)CC(CO)O1. The van der Waals surface area contributed by atoms with Crippen LogP contribution in [0.1, 0.15) is 24.5 Å². The number of carbonyl (C=O) groups excluding carboxylic acids is 1. The fourth-order valence-electron chi connectivity index (χ4n) is 3.49. The first kappa shape index (κ1) is 14.5. The number of amides is 1. The van der Waals surface area contributed by atoms with Crippen molar-refractivity contribution in [1.29, 1.82) is 0 Å². The zero-order valence-corrected chi connectivity index (χ0v) is 12.5. The van der Waals surface area contributed by atoms with Crippen LogP contribution in [0.3, 0.4) is 0 Å². The van der Waals surface area contributed by atoms with Crippen molar-refractivity contribution in [2.24, 2.45) is 5.92 Å². The van der Waals surface area contributed by atoms with Crippen LogP contribution in [0.25, 0.3) is 0 Å². The highest BCUT2D eigenvalue weighted by Gasteiger charge is 2.33. The molecular formula is C17H23NO3. The number of fused-ring (bicyclic) bond motifs is 1. The number of rotatable bonds is 2. The molecule has 0 radical (unpaired) electrons. The monoisotopic (exact) mass is 289 g/mol. The minimum atomic E-state index is -0.242. The molecule has 1 N–H and O–H groups in total. The van der Waals surface area contributed by atoms with Gasteiger partial charge in [-0.3, -0.25) is 4.79 Å². The molecule has 0 spiro atoms. The van der Waals surface area contributed by atoms with E-state index >= 15 is 0 Å². The molecule has 0 saturated carbocycles. The molecule has 1 heterocycles. The Morgan fingerprint density at radius 1 is 1.33 bits per heavy atom. The number of aliphatic hydroxyl groups excluding tert-OH is 1. The van der Waals surface area contributed by atoms with Gasteiger partial charge in [-0.25, -0.2) is 0 Å². The van der Waals surface area contributed by atoms with Gasteiger partial charge in [0.15, 0.2) is 0 Å². The maximum atomic E-state index is 12.8. The van der Waals surface area contributed by atoms with Crippen molar-refractivity contribution in [3.05, 3.63) is 35.4 Å². The fourth-order valence-corrected chi connectivity index (χ4v) is 3.49. The van der Waals surface area contributed by atoms with Gasteiger partial charge in [0.05, 0.1) is 18.8 Å². The molecule has 4 nitrogen and oxygen atoms in total. The van der Waals surface area contributed by atoms with E-state index < -0.39 is 0 Å². The Hall–Kier alpha value is -1.39. The molecule has 1 saturated heterocycles. The number of nitrogens with zero attached hydrogens (tertiary/aromatic N) is 1. The number of hydrogen-bond acceptors (Lipinski definition) is 3. The molecule has 3 atom stereocenters. The zero-order chi connectivity index (χ0) is 14.8. The highest BCUT2D eigenvalue weighted by Crippen LogP contribution is 2.27. The molecule has 0 bridgehead atoms. The summed E-state index contributed by atoms with van der Waals surface area (Å²) in [5.74, 6) is 0.294. The summed E-state index contributed by atoms with van der Waals surface area (Å²) in [5.41, 5.74) is 2.69. The maximum absolute atomic E-state index is 12.8. The summed E-state index contributed by atoms with van der Waals surface area (Å²) in [6.45, 7) is 3.07. The van der Waals surface area contributed by atoms with Crippen LogP contribution < -0.4 is 0 Å². The molecule has 1 aliphatic carbocycles. The molecular weight excluding hydrogens is 266 g/mol. The van der Waals surface area contributed by atoms with Crippen molar-refractivity contribution in [2.75, 3.05) is 19.7 Å². The fraction of sp³-hybridized carbons (Fsp3) is 0.588. The van der Waals surface area contributed by atoms with Crippen molar-refractivity contribution in [2.45, 2.75) is 38.4 Å². The number of aryl methyl sites for hydroxylation is 1. The third kappa shape index (κ3) is 3.11. The van der Waals surface area contributed by atoms with Gasteiger partial charge in [-0.1, -0.05) is 24.3 Å². The Bertz CT molecular complexity index is 517. The highest BCUT2D eigenvalue weighted by atomic mass is 16.5. The van der Waals surface area contributed by atoms with Crippen molar-refractivity contribution in [3.8, 4) is 0 Å². The van der Waals surface area contributed by atoms with Gasteiger partial charge in [-0.2, -0.15) is 0 Å². The lowest BCUT2D eigenvalue weighted by Gasteiger charge is -2.38. The molecule has 1 fully saturated rings. The Labute approximate surface area is 125 Å². The second-order valence-electron chi connectivity index (χ2n) is 6.20. The highest BCUT2D eigenvalue weighted by molar-refractivity contribution is 5.79. The topological polar surface area (TPSA) is 49.8 Å². The molecule has 1 aromatic carbocycles. The number of ether oxygens (including phenoxy) is 1. The lowest BCUT2D eigenvalue weighted by atomic mass is 9.83. The Morgan fingerprint density at radius 2 is 2.10 bits per heavy atom. The predicted molar refractivity (Wildman–Crippen MR) is 80.0 cm³/mol. The predicted octanol–water partition coefficient (Wildman–Crippen LogP) is 1.40. The summed E-state index contributed by atoms with van der Waals surface area (Å²) in [5, 5.41) is 9.29. The summed E-state index contributed by atoms with van der Waals surface area (Å²) in [7, 11) is 0. The summed E-state index contributed by atoms with van der Waals surface area (Å²) < 4.78 is 5.62. The second-order valence-corrected chi connectivity index (χ2v) is 6.20. The van der Waals surface area contributed by atoms with E-state index in [4.69, 9.17) is 4.74 Å². The van der Waals surface area contributed by atoms with E-state index in [1.54, 1.807) is 0 Å². The second kappa shape index (κ2) is 6.16. The first-order valence-corrected chi connectivity index (χ1v) is 7.79. The van der Waals surface area contributed by atoms with Gasteiger partial charge >= 0.3 is 0 Å². The molecule has 1 aliphatic heterocycles. The third-order valence-corrected chi connectivity index (χ3v) is 4.54. The van der Waals surface area contributed by atoms with Crippen LogP contribution in [0, 0.1) is 5.92 Å². The van der Waals surface area contributed by atoms with Gasteiger partial charge in [0, 0.05) is 19.0 Å². The van der Waals surface area contributed by atoms with Gasteiger partial charge in [-0.05, 0) is 37.3 Å². The van der Waals surface area contributed by atoms with E-state index in [9.17, 15) is 9.90 Å². The lowest BCUT2D eigenvalue weighted by Crippen LogP contribution is -2.52. The van der Waals surface area contributed by atoms with Crippen LogP contribution in [0.15, 0.2) is 24.3 Å². The summed E-state index contributed by atoms with van der Waals surface area (Å²) >= 11 is 0. The molecule has 114 valence electrons. The van der Waals surface area contributed by atoms with Crippen molar-refractivity contribution < 1.29 is 14.6 Å². The summed E-state index contributed by atoms with van der Waals surface area (Å²) in [4.78, 5) is 14.6. The maximum Gasteiger partial charge on any atom is 0.226 e. The largest absolute Gasteiger partial charge is 0.394 e. The third-order valence-electron chi connectivity index (χ3n) is 4.54. The smallest absolute Gasteiger partial charge is 0.226 e. The van der Waals surface area contributed by atoms with E-state index in [1.165, 1.54) is 11.1 Å². The molecule has 1 amide bonds. The van der Waals surface area contributed by atoms with Crippen LogP contribution in [0.4, 0.5) is 0 Å². The van der Waals surface area contributed by atoms with Crippen molar-refractivity contribution in [3.63, 3.8) is 0 Å². The summed E-state index contributed by atoms with van der Waals surface area (Å²) in [6, 6.07) is 8.41. The van der Waals surface area contributed by atoms with Gasteiger partial charge < -0.3 is 14.7 Å². The van der Waals surface area contributed by atoms with E-state index in [2.05, 4.69) is 18.2 Å². The van der Waals surface area contributed by atoms with Crippen LogP contribution in [-0.2, 0) is 22.4 Å². The Kier molecular flexibility index (Phi) is 4.27. The Morgan fingerprint density at radius 3 is 2.86 bits per heavy atom. The van der Waals surface area contributed by atoms with E-state index in [-0.39, 0.29) is 30.6 Å². The first-order valence-electron chi connectivity index (χ1n) is 7.79. The molecule has 21 heavy (non-hydrogen) atoms. The molecule has 2 aliphatic rings.